The van der Waals surface area contributed by atoms with Crippen molar-refractivity contribution in [3.05, 3.63) is 24.3 Å². The zero-order valence-corrected chi connectivity index (χ0v) is 12.9. The van der Waals surface area contributed by atoms with E-state index in [1.807, 2.05) is 13.8 Å². The molecule has 0 saturated carbocycles. The minimum absolute atomic E-state index is 0.0105. The maximum absolute atomic E-state index is 12.0. The van der Waals surface area contributed by atoms with Gasteiger partial charge in [0.25, 0.3) is 0 Å². The maximum atomic E-state index is 12.0. The fourth-order valence-electron chi connectivity index (χ4n) is 1.49. The van der Waals surface area contributed by atoms with Crippen LogP contribution in [0.1, 0.15) is 13.8 Å². The average molecular weight is 305 g/mol. The van der Waals surface area contributed by atoms with Crippen molar-refractivity contribution >= 4 is 19.7 Å². The Morgan fingerprint density at radius 3 is 1.89 bits per heavy atom. The number of nitrogens with one attached hydrogen (secondary N) is 1. The van der Waals surface area contributed by atoms with E-state index in [4.69, 9.17) is 0 Å². The van der Waals surface area contributed by atoms with Crippen LogP contribution >= 0.6 is 0 Å². The van der Waals surface area contributed by atoms with E-state index in [0.29, 0.717) is 6.54 Å². The van der Waals surface area contributed by atoms with E-state index >= 15 is 0 Å². The number of hydrogen-bond donors (Lipinski definition) is 1. The molecule has 0 fully saturated rings. The molecule has 0 bridgehead atoms. The highest BCUT2D eigenvalue weighted by Crippen LogP contribution is 2.15. The Morgan fingerprint density at radius 1 is 1.00 bits per heavy atom. The summed E-state index contributed by atoms with van der Waals surface area (Å²) in [5.74, 6) is -0.0105. The largest absolute Gasteiger partial charge is 0.314 e. The first-order valence-electron chi connectivity index (χ1n) is 5.89. The second-order valence-corrected chi connectivity index (χ2v) is 8.80. The minimum atomic E-state index is -3.38. The van der Waals surface area contributed by atoms with Crippen LogP contribution in [0.25, 0.3) is 0 Å². The summed E-state index contributed by atoms with van der Waals surface area (Å²) in [5.41, 5.74) is 0. The Hall–Kier alpha value is -0.920. The van der Waals surface area contributed by atoms with Crippen molar-refractivity contribution in [1.29, 1.82) is 0 Å². The van der Waals surface area contributed by atoms with Gasteiger partial charge in [0.2, 0.25) is 0 Å². The molecule has 7 heteroatoms. The summed E-state index contributed by atoms with van der Waals surface area (Å²) in [6.45, 7) is 4.24. The molecule has 108 valence electrons. The van der Waals surface area contributed by atoms with Gasteiger partial charge in [-0.1, -0.05) is 13.8 Å². The van der Waals surface area contributed by atoms with Gasteiger partial charge in [-0.3, -0.25) is 0 Å². The molecular formula is C12H19NO4S2. The van der Waals surface area contributed by atoms with Crippen LogP contribution in [0, 0.1) is 0 Å². The van der Waals surface area contributed by atoms with E-state index in [0.717, 1.165) is 6.26 Å². The Kier molecular flexibility index (Phi) is 5.11. The summed E-state index contributed by atoms with van der Waals surface area (Å²) < 4.78 is 46.5. The second-order valence-electron chi connectivity index (χ2n) is 4.67. The van der Waals surface area contributed by atoms with Crippen LogP contribution in [0.4, 0.5) is 0 Å². The van der Waals surface area contributed by atoms with Gasteiger partial charge in [-0.05, 0) is 24.3 Å². The summed E-state index contributed by atoms with van der Waals surface area (Å²) in [7, 11) is -6.68. The molecule has 1 aromatic carbocycles. The summed E-state index contributed by atoms with van der Waals surface area (Å²) >= 11 is 0. The second kappa shape index (κ2) is 6.02. The van der Waals surface area contributed by atoms with Crippen LogP contribution in [-0.4, -0.2) is 41.4 Å². The Bertz CT molecular complexity index is 616. The lowest BCUT2D eigenvalue weighted by Crippen LogP contribution is -2.28. The van der Waals surface area contributed by atoms with E-state index in [2.05, 4.69) is 5.32 Å². The molecule has 5 nitrogen and oxygen atoms in total. The van der Waals surface area contributed by atoms with Crippen LogP contribution in [0.2, 0.25) is 0 Å². The fraction of sp³-hybridized carbons (Fsp3) is 0.500. The molecule has 0 radical (unpaired) electrons. The molecule has 0 unspecified atom stereocenters. The van der Waals surface area contributed by atoms with Gasteiger partial charge in [0.15, 0.2) is 19.7 Å². The lowest BCUT2D eigenvalue weighted by atomic mass is 10.4. The highest BCUT2D eigenvalue weighted by molar-refractivity contribution is 7.91. The molecule has 1 aromatic rings. The standard InChI is InChI=1S/C12H19NO4S2/c1-10(2)13-8-9-19(16,17)12-6-4-11(5-7-12)18(3,14)15/h4-7,10,13H,8-9H2,1-3H3. The fourth-order valence-corrected chi connectivity index (χ4v) is 3.30. The van der Waals surface area contributed by atoms with E-state index in [1.54, 1.807) is 0 Å². The molecule has 0 heterocycles. The lowest BCUT2D eigenvalue weighted by molar-refractivity contribution is 0.577. The SMILES string of the molecule is CC(C)NCCS(=O)(=O)c1ccc(S(C)(=O)=O)cc1. The summed E-state index contributed by atoms with van der Waals surface area (Å²) in [6.07, 6.45) is 1.09. The molecule has 0 atom stereocenters. The molecule has 19 heavy (non-hydrogen) atoms. The first kappa shape index (κ1) is 16.1. The van der Waals surface area contributed by atoms with E-state index in [-0.39, 0.29) is 21.6 Å². The molecule has 1 rings (SSSR count). The van der Waals surface area contributed by atoms with Gasteiger partial charge >= 0.3 is 0 Å². The van der Waals surface area contributed by atoms with Gasteiger partial charge in [0, 0.05) is 18.8 Å². The normalized spacial score (nSPS) is 12.8. The van der Waals surface area contributed by atoms with E-state index < -0.39 is 19.7 Å². The smallest absolute Gasteiger partial charge is 0.179 e. The molecule has 0 aliphatic heterocycles. The number of rotatable bonds is 6. The first-order valence-corrected chi connectivity index (χ1v) is 9.43. The topological polar surface area (TPSA) is 80.3 Å². The minimum Gasteiger partial charge on any atom is -0.314 e. The van der Waals surface area contributed by atoms with Crippen molar-refractivity contribution in [2.45, 2.75) is 29.7 Å². The van der Waals surface area contributed by atoms with Crippen molar-refractivity contribution in [2.24, 2.45) is 0 Å². The molecular weight excluding hydrogens is 286 g/mol. The molecule has 0 amide bonds. The van der Waals surface area contributed by atoms with Gasteiger partial charge in [-0.2, -0.15) is 0 Å². The number of sulfone groups is 2. The molecule has 0 aromatic heterocycles. The number of benzene rings is 1. The monoisotopic (exact) mass is 305 g/mol. The summed E-state index contributed by atoms with van der Waals surface area (Å²) in [5, 5.41) is 3.03. The zero-order valence-electron chi connectivity index (χ0n) is 11.3. The lowest BCUT2D eigenvalue weighted by Gasteiger charge is -2.09. The van der Waals surface area contributed by atoms with Crippen LogP contribution in [-0.2, 0) is 19.7 Å². The Morgan fingerprint density at radius 2 is 1.47 bits per heavy atom. The highest BCUT2D eigenvalue weighted by Gasteiger charge is 2.15. The van der Waals surface area contributed by atoms with E-state index in [9.17, 15) is 16.8 Å². The first-order chi connectivity index (χ1) is 8.63. The van der Waals surface area contributed by atoms with Gasteiger partial charge in [-0.15, -0.1) is 0 Å². The maximum Gasteiger partial charge on any atom is 0.179 e. The van der Waals surface area contributed by atoms with Crippen molar-refractivity contribution in [2.75, 3.05) is 18.6 Å². The van der Waals surface area contributed by atoms with Gasteiger partial charge < -0.3 is 5.32 Å². The zero-order chi connectivity index (χ0) is 14.7. The van der Waals surface area contributed by atoms with Crippen LogP contribution in [0.5, 0.6) is 0 Å². The highest BCUT2D eigenvalue weighted by atomic mass is 32.2. The Balaban J connectivity index is 2.85. The predicted octanol–water partition coefficient (Wildman–Crippen LogP) is 0.862. The van der Waals surface area contributed by atoms with Crippen molar-refractivity contribution in [1.82, 2.24) is 5.32 Å². The van der Waals surface area contributed by atoms with Crippen molar-refractivity contribution in [3.63, 3.8) is 0 Å². The molecule has 0 aliphatic carbocycles. The third-order valence-corrected chi connectivity index (χ3v) is 5.39. The van der Waals surface area contributed by atoms with Gasteiger partial charge in [0.05, 0.1) is 15.5 Å². The molecule has 1 N–H and O–H groups in total. The average Bonchev–Trinajstić information content (AvgIpc) is 2.27. The van der Waals surface area contributed by atoms with Crippen molar-refractivity contribution in [3.8, 4) is 0 Å². The molecule has 0 spiro atoms. The molecule has 0 saturated heterocycles. The Labute approximate surface area is 114 Å². The number of hydrogen-bond acceptors (Lipinski definition) is 5. The predicted molar refractivity (Wildman–Crippen MR) is 74.7 cm³/mol. The third kappa shape index (κ3) is 4.93. The van der Waals surface area contributed by atoms with Gasteiger partial charge in [-0.25, -0.2) is 16.8 Å². The van der Waals surface area contributed by atoms with Crippen LogP contribution in [0.15, 0.2) is 34.1 Å². The molecule has 0 aliphatic rings. The van der Waals surface area contributed by atoms with Crippen LogP contribution in [0.3, 0.4) is 0 Å². The summed E-state index contributed by atoms with van der Waals surface area (Å²) in [6, 6.07) is 5.53. The van der Waals surface area contributed by atoms with Crippen molar-refractivity contribution < 1.29 is 16.8 Å². The quantitative estimate of drug-likeness (QED) is 0.843. The van der Waals surface area contributed by atoms with Crippen LogP contribution < -0.4 is 5.32 Å². The summed E-state index contributed by atoms with van der Waals surface area (Å²) in [4.78, 5) is 0.261. The third-order valence-electron chi connectivity index (χ3n) is 2.53. The van der Waals surface area contributed by atoms with Gasteiger partial charge in [0.1, 0.15) is 0 Å². The van der Waals surface area contributed by atoms with E-state index in [1.165, 1.54) is 24.3 Å².